The van der Waals surface area contributed by atoms with Gasteiger partial charge < -0.3 is 14.5 Å². The zero-order valence-corrected chi connectivity index (χ0v) is 16.7. The van der Waals surface area contributed by atoms with Crippen LogP contribution >= 0.6 is 0 Å². The summed E-state index contributed by atoms with van der Waals surface area (Å²) in [6.45, 7) is 2.19. The molecule has 0 unspecified atom stereocenters. The number of ether oxygens (including phenoxy) is 2. The van der Waals surface area contributed by atoms with Gasteiger partial charge in [-0.05, 0) is 25.3 Å². The molecule has 1 saturated carbocycles. The van der Waals surface area contributed by atoms with E-state index >= 15 is 0 Å². The Balaban J connectivity index is 1.54. The highest BCUT2D eigenvalue weighted by Gasteiger charge is 2.25. The van der Waals surface area contributed by atoms with Gasteiger partial charge >= 0.3 is 0 Å². The van der Waals surface area contributed by atoms with E-state index in [0.29, 0.717) is 37.2 Å². The quantitative estimate of drug-likeness (QED) is 0.854. The third kappa shape index (κ3) is 3.90. The Morgan fingerprint density at radius 1 is 1.14 bits per heavy atom. The van der Waals surface area contributed by atoms with Crippen molar-refractivity contribution in [2.24, 2.45) is 0 Å². The maximum absolute atomic E-state index is 12.6. The summed E-state index contributed by atoms with van der Waals surface area (Å²) in [4.78, 5) is 27.2. The third-order valence-corrected chi connectivity index (χ3v) is 5.87. The third-order valence-electron chi connectivity index (χ3n) is 5.87. The minimum atomic E-state index is 0.0499. The molecule has 7 nitrogen and oxygen atoms in total. The summed E-state index contributed by atoms with van der Waals surface area (Å²) >= 11 is 0. The summed E-state index contributed by atoms with van der Waals surface area (Å²) in [5.74, 6) is 2.39. The largest absolute Gasteiger partial charge is 0.481 e. The lowest BCUT2D eigenvalue weighted by atomic mass is 9.88. The topological polar surface area (TPSA) is 80.3 Å². The van der Waals surface area contributed by atoms with Gasteiger partial charge in [0.05, 0.1) is 19.9 Å². The molecule has 0 bridgehead atoms. The smallest absolute Gasteiger partial charge is 0.254 e. The zero-order chi connectivity index (χ0) is 19.5. The van der Waals surface area contributed by atoms with Crippen LogP contribution in [-0.4, -0.2) is 40.6 Å². The van der Waals surface area contributed by atoms with Crippen LogP contribution in [0.3, 0.4) is 0 Å². The number of pyridine rings is 1. The van der Waals surface area contributed by atoms with Crippen molar-refractivity contribution in [2.45, 2.75) is 57.5 Å². The lowest BCUT2D eigenvalue weighted by molar-refractivity contribution is 0.234. The first-order chi connectivity index (χ1) is 13.7. The summed E-state index contributed by atoms with van der Waals surface area (Å²) in [5.41, 5.74) is 2.82. The predicted octanol–water partition coefficient (Wildman–Crippen LogP) is 2.79. The molecule has 0 aromatic carbocycles. The van der Waals surface area contributed by atoms with Crippen molar-refractivity contribution in [3.8, 4) is 11.8 Å². The maximum Gasteiger partial charge on any atom is 0.254 e. The van der Waals surface area contributed by atoms with E-state index in [1.165, 1.54) is 19.3 Å². The second kappa shape index (κ2) is 8.31. The van der Waals surface area contributed by atoms with E-state index in [1.54, 1.807) is 14.2 Å². The van der Waals surface area contributed by atoms with Crippen molar-refractivity contribution in [2.75, 3.05) is 20.8 Å². The summed E-state index contributed by atoms with van der Waals surface area (Å²) in [6.07, 6.45) is 6.70. The van der Waals surface area contributed by atoms with Gasteiger partial charge in [-0.1, -0.05) is 19.3 Å². The number of hydrogen-bond acceptors (Lipinski definition) is 6. The molecule has 1 aliphatic carbocycles. The Morgan fingerprint density at radius 2 is 1.96 bits per heavy atom. The Bertz CT molecular complexity index is 890. The van der Waals surface area contributed by atoms with Gasteiger partial charge in [0.15, 0.2) is 0 Å². The van der Waals surface area contributed by atoms with E-state index in [4.69, 9.17) is 14.5 Å². The molecular formula is C21H28N4O3. The average Bonchev–Trinajstić information content (AvgIpc) is 2.74. The molecule has 4 rings (SSSR count). The summed E-state index contributed by atoms with van der Waals surface area (Å²) in [6, 6.07) is 3.83. The van der Waals surface area contributed by atoms with E-state index in [1.807, 2.05) is 12.1 Å². The van der Waals surface area contributed by atoms with Crippen molar-refractivity contribution in [1.82, 2.24) is 19.9 Å². The Kier molecular flexibility index (Phi) is 5.62. The Morgan fingerprint density at radius 3 is 2.71 bits per heavy atom. The van der Waals surface area contributed by atoms with Gasteiger partial charge in [0.2, 0.25) is 11.8 Å². The van der Waals surface area contributed by atoms with E-state index < -0.39 is 0 Å². The van der Waals surface area contributed by atoms with Crippen molar-refractivity contribution >= 4 is 0 Å². The molecule has 0 atom stereocenters. The van der Waals surface area contributed by atoms with Crippen LogP contribution in [0.15, 0.2) is 16.9 Å². The molecule has 2 aromatic heterocycles. The molecule has 0 amide bonds. The fourth-order valence-electron chi connectivity index (χ4n) is 4.32. The number of fused-ring (bicyclic) bond motifs is 1. The van der Waals surface area contributed by atoms with Crippen LogP contribution < -0.4 is 15.0 Å². The van der Waals surface area contributed by atoms with Crippen LogP contribution in [0.4, 0.5) is 0 Å². The zero-order valence-electron chi connectivity index (χ0n) is 16.7. The van der Waals surface area contributed by atoms with Crippen LogP contribution in [-0.2, 0) is 19.5 Å². The summed E-state index contributed by atoms with van der Waals surface area (Å²) < 4.78 is 10.6. The fourth-order valence-corrected chi connectivity index (χ4v) is 4.32. The van der Waals surface area contributed by atoms with Crippen molar-refractivity contribution in [3.05, 3.63) is 45.1 Å². The van der Waals surface area contributed by atoms with Gasteiger partial charge in [-0.25, -0.2) is 4.98 Å². The van der Waals surface area contributed by atoms with Gasteiger partial charge in [0.25, 0.3) is 5.56 Å². The lowest BCUT2D eigenvalue weighted by Crippen LogP contribution is -2.36. The van der Waals surface area contributed by atoms with Crippen molar-refractivity contribution in [1.29, 1.82) is 0 Å². The molecule has 28 heavy (non-hydrogen) atoms. The highest BCUT2D eigenvalue weighted by Crippen LogP contribution is 2.31. The van der Waals surface area contributed by atoms with Gasteiger partial charge in [0.1, 0.15) is 5.82 Å². The number of rotatable bonds is 5. The van der Waals surface area contributed by atoms with Crippen LogP contribution in [0.2, 0.25) is 0 Å². The van der Waals surface area contributed by atoms with Gasteiger partial charge in [-0.2, -0.15) is 4.98 Å². The van der Waals surface area contributed by atoms with Crippen LogP contribution in [0.1, 0.15) is 60.7 Å². The SMILES string of the molecule is COc1ccc(CN2CCc3c(nc(C4CCCCC4)[nH]c3=O)C2)c(OC)n1. The molecule has 2 aliphatic rings. The standard InChI is InChI=1S/C21H28N4O3/c1-27-18-9-8-15(21(23-18)28-2)12-25-11-10-16-17(13-25)22-19(24-20(16)26)14-6-4-3-5-7-14/h8-9,14H,3-7,10-13H2,1-2H3,(H,22,24,26). The molecular weight excluding hydrogens is 356 g/mol. The minimum Gasteiger partial charge on any atom is -0.481 e. The number of aromatic nitrogens is 3. The van der Waals surface area contributed by atoms with Gasteiger partial charge in [-0.15, -0.1) is 0 Å². The first kappa shape index (κ1) is 18.9. The average molecular weight is 384 g/mol. The number of hydrogen-bond donors (Lipinski definition) is 1. The van der Waals surface area contributed by atoms with Crippen molar-refractivity contribution < 1.29 is 9.47 Å². The van der Waals surface area contributed by atoms with Crippen LogP contribution in [0, 0.1) is 0 Å². The first-order valence-electron chi connectivity index (χ1n) is 10.1. The van der Waals surface area contributed by atoms with E-state index in [0.717, 1.165) is 42.0 Å². The van der Waals surface area contributed by atoms with Gasteiger partial charge in [0, 0.05) is 42.7 Å². The molecule has 0 radical (unpaired) electrons. The molecule has 1 fully saturated rings. The van der Waals surface area contributed by atoms with Gasteiger partial charge in [-0.3, -0.25) is 9.69 Å². The Labute approximate surface area is 165 Å². The molecule has 7 heteroatoms. The number of nitrogens with zero attached hydrogens (tertiary/aromatic N) is 3. The molecule has 0 saturated heterocycles. The van der Waals surface area contributed by atoms with Crippen LogP contribution in [0.5, 0.6) is 11.8 Å². The fraction of sp³-hybridized carbons (Fsp3) is 0.571. The maximum atomic E-state index is 12.6. The van der Waals surface area contributed by atoms with E-state index in [9.17, 15) is 4.79 Å². The second-order valence-electron chi connectivity index (χ2n) is 7.69. The molecule has 0 spiro atoms. The lowest BCUT2D eigenvalue weighted by Gasteiger charge is -2.29. The number of methoxy groups -OCH3 is 2. The van der Waals surface area contributed by atoms with E-state index in [2.05, 4.69) is 14.9 Å². The predicted molar refractivity (Wildman–Crippen MR) is 106 cm³/mol. The number of nitrogens with one attached hydrogen (secondary N) is 1. The minimum absolute atomic E-state index is 0.0499. The molecule has 3 heterocycles. The molecule has 150 valence electrons. The van der Waals surface area contributed by atoms with Crippen LogP contribution in [0.25, 0.3) is 0 Å². The number of H-pyrrole nitrogens is 1. The highest BCUT2D eigenvalue weighted by atomic mass is 16.5. The number of aromatic amines is 1. The second-order valence-corrected chi connectivity index (χ2v) is 7.69. The Hall–Kier alpha value is -2.41. The first-order valence-corrected chi connectivity index (χ1v) is 10.1. The van der Waals surface area contributed by atoms with Crippen molar-refractivity contribution in [3.63, 3.8) is 0 Å². The molecule has 1 aliphatic heterocycles. The summed E-state index contributed by atoms with van der Waals surface area (Å²) in [7, 11) is 3.21. The molecule has 1 N–H and O–H groups in total. The monoisotopic (exact) mass is 384 g/mol. The normalized spacial score (nSPS) is 17.9. The van der Waals surface area contributed by atoms with E-state index in [-0.39, 0.29) is 5.56 Å². The molecule has 2 aromatic rings. The highest BCUT2D eigenvalue weighted by molar-refractivity contribution is 5.31. The summed E-state index contributed by atoms with van der Waals surface area (Å²) in [5, 5.41) is 0.